The number of thiophene rings is 1. The summed E-state index contributed by atoms with van der Waals surface area (Å²) >= 11 is 7.76. The molecule has 0 saturated carbocycles. The van der Waals surface area contributed by atoms with Gasteiger partial charge in [-0.05, 0) is 49.4 Å². The van der Waals surface area contributed by atoms with Crippen molar-refractivity contribution in [3.8, 4) is 0 Å². The number of hydrogen-bond donors (Lipinski definition) is 1. The Kier molecular flexibility index (Phi) is 6.46. The van der Waals surface area contributed by atoms with Crippen LogP contribution in [0.3, 0.4) is 0 Å². The van der Waals surface area contributed by atoms with Crippen LogP contribution in [0.2, 0.25) is 5.02 Å². The highest BCUT2D eigenvalue weighted by Crippen LogP contribution is 2.29. The first kappa shape index (κ1) is 19.8. The van der Waals surface area contributed by atoms with Crippen molar-refractivity contribution in [2.75, 3.05) is 19.6 Å². The van der Waals surface area contributed by atoms with E-state index < -0.39 is 4.92 Å². The number of non-ortho nitro benzene ring substituents is 1. The molecule has 1 atom stereocenters. The van der Waals surface area contributed by atoms with Crippen molar-refractivity contribution in [1.29, 1.82) is 0 Å². The smallest absolute Gasteiger partial charge is 0.270 e. The molecule has 1 aliphatic heterocycles. The van der Waals surface area contributed by atoms with Gasteiger partial charge in [-0.1, -0.05) is 24.6 Å². The van der Waals surface area contributed by atoms with Crippen molar-refractivity contribution in [3.05, 3.63) is 61.3 Å². The third-order valence-electron chi connectivity index (χ3n) is 4.99. The van der Waals surface area contributed by atoms with Crippen LogP contribution < -0.4 is 5.32 Å². The third-order valence-corrected chi connectivity index (χ3v) is 6.28. The summed E-state index contributed by atoms with van der Waals surface area (Å²) in [6.45, 7) is 4.77. The lowest BCUT2D eigenvalue weighted by Crippen LogP contribution is -2.41. The summed E-state index contributed by atoms with van der Waals surface area (Å²) in [5.41, 5.74) is 0.120. The fourth-order valence-electron chi connectivity index (χ4n) is 3.32. The third kappa shape index (κ3) is 4.86. The minimum Gasteiger partial charge on any atom is -0.350 e. The van der Waals surface area contributed by atoms with Gasteiger partial charge < -0.3 is 5.32 Å². The van der Waals surface area contributed by atoms with Crippen LogP contribution in [-0.2, 0) is 0 Å². The van der Waals surface area contributed by atoms with E-state index in [4.69, 9.17) is 11.6 Å². The number of carbonyl (C=O) groups is 1. The number of nitrogens with one attached hydrogen (secondary N) is 1. The van der Waals surface area contributed by atoms with Gasteiger partial charge in [0.05, 0.1) is 21.6 Å². The van der Waals surface area contributed by atoms with E-state index in [2.05, 4.69) is 23.2 Å². The van der Waals surface area contributed by atoms with E-state index in [1.807, 2.05) is 11.4 Å². The molecule has 1 aromatic heterocycles. The Hall–Kier alpha value is -1.96. The summed E-state index contributed by atoms with van der Waals surface area (Å²) < 4.78 is 0. The van der Waals surface area contributed by atoms with Gasteiger partial charge in [-0.3, -0.25) is 19.8 Å². The van der Waals surface area contributed by atoms with Crippen molar-refractivity contribution in [1.82, 2.24) is 10.2 Å². The van der Waals surface area contributed by atoms with E-state index in [1.54, 1.807) is 11.3 Å². The molecule has 1 fully saturated rings. The molecule has 0 aliphatic carbocycles. The Morgan fingerprint density at radius 1 is 1.41 bits per heavy atom. The van der Waals surface area contributed by atoms with E-state index in [0.29, 0.717) is 6.54 Å². The number of amides is 1. The molecule has 144 valence electrons. The summed E-state index contributed by atoms with van der Waals surface area (Å²) in [6, 6.07) is 8.15. The zero-order valence-electron chi connectivity index (χ0n) is 15.1. The van der Waals surface area contributed by atoms with Gasteiger partial charge in [-0.2, -0.15) is 0 Å². The van der Waals surface area contributed by atoms with E-state index in [9.17, 15) is 14.9 Å². The zero-order valence-corrected chi connectivity index (χ0v) is 16.6. The zero-order chi connectivity index (χ0) is 19.4. The molecule has 1 unspecified atom stereocenters. The molecule has 2 aromatic rings. The van der Waals surface area contributed by atoms with Gasteiger partial charge in [0.1, 0.15) is 0 Å². The molecule has 0 radical (unpaired) electrons. The van der Waals surface area contributed by atoms with Crippen molar-refractivity contribution < 1.29 is 9.72 Å². The summed E-state index contributed by atoms with van der Waals surface area (Å²) in [5.74, 6) is 0.417. The van der Waals surface area contributed by atoms with Crippen LogP contribution in [0.5, 0.6) is 0 Å². The fourth-order valence-corrected chi connectivity index (χ4v) is 4.44. The first-order valence-electron chi connectivity index (χ1n) is 8.95. The monoisotopic (exact) mass is 407 g/mol. The van der Waals surface area contributed by atoms with Crippen molar-refractivity contribution in [3.63, 3.8) is 0 Å². The van der Waals surface area contributed by atoms with Gasteiger partial charge >= 0.3 is 0 Å². The Bertz CT molecular complexity index is 805. The number of nitrogens with zero attached hydrogens (tertiary/aromatic N) is 2. The van der Waals surface area contributed by atoms with Gasteiger partial charge in [-0.25, -0.2) is 0 Å². The number of nitro benzene ring substituents is 1. The number of benzene rings is 1. The minimum absolute atomic E-state index is 0.0844. The fraction of sp³-hybridized carbons (Fsp3) is 0.421. The van der Waals surface area contributed by atoms with Gasteiger partial charge in [0.15, 0.2) is 0 Å². The number of nitro groups is 1. The molecule has 3 rings (SSSR count). The molecule has 8 heteroatoms. The molecule has 0 bridgehead atoms. The number of rotatable bonds is 6. The molecule has 1 aromatic carbocycles. The Morgan fingerprint density at radius 2 is 2.15 bits per heavy atom. The number of halogens is 1. The van der Waals surface area contributed by atoms with Crippen molar-refractivity contribution in [2.24, 2.45) is 5.92 Å². The van der Waals surface area contributed by atoms with E-state index in [0.717, 1.165) is 31.8 Å². The molecule has 2 heterocycles. The Labute approximate surface area is 167 Å². The second-order valence-electron chi connectivity index (χ2n) is 6.88. The number of likely N-dealkylation sites (tertiary alicyclic amines) is 1. The highest BCUT2D eigenvalue weighted by Gasteiger charge is 2.26. The topological polar surface area (TPSA) is 75.5 Å². The van der Waals surface area contributed by atoms with Crippen LogP contribution in [0, 0.1) is 16.0 Å². The molecule has 27 heavy (non-hydrogen) atoms. The van der Waals surface area contributed by atoms with Gasteiger partial charge in [0.2, 0.25) is 0 Å². The minimum atomic E-state index is -0.530. The SMILES string of the molecule is CC1CCN(C(CNC(=O)c2ccc([N+](=O)[O-])cc2Cl)c2cccs2)CC1. The van der Waals surface area contributed by atoms with Crippen LogP contribution in [0.4, 0.5) is 5.69 Å². The summed E-state index contributed by atoms with van der Waals surface area (Å²) in [4.78, 5) is 26.5. The normalized spacial score (nSPS) is 16.8. The quantitative estimate of drug-likeness (QED) is 0.564. The number of carbonyl (C=O) groups excluding carboxylic acids is 1. The average molecular weight is 408 g/mol. The molecular weight excluding hydrogens is 386 g/mol. The highest BCUT2D eigenvalue weighted by molar-refractivity contribution is 7.10. The molecular formula is C19H22ClN3O3S. The molecule has 1 N–H and O–H groups in total. The van der Waals surface area contributed by atoms with Gasteiger partial charge in [0.25, 0.3) is 11.6 Å². The standard InChI is InChI=1S/C19H22ClN3O3S/c1-13-6-8-22(9-7-13)17(18-3-2-10-27-18)12-21-19(24)15-5-4-14(23(25)26)11-16(15)20/h2-5,10-11,13,17H,6-9,12H2,1H3,(H,21,24). The lowest BCUT2D eigenvalue weighted by molar-refractivity contribution is -0.384. The first-order valence-corrected chi connectivity index (χ1v) is 10.2. The summed E-state index contributed by atoms with van der Waals surface area (Å²) in [5, 5.41) is 15.9. The maximum atomic E-state index is 12.6. The van der Waals surface area contributed by atoms with Crippen molar-refractivity contribution >= 4 is 34.5 Å². The van der Waals surface area contributed by atoms with Crippen LogP contribution in [-0.4, -0.2) is 35.4 Å². The predicted octanol–water partition coefficient (Wildman–Crippen LogP) is 4.51. The van der Waals surface area contributed by atoms with Crippen molar-refractivity contribution in [2.45, 2.75) is 25.8 Å². The first-order chi connectivity index (χ1) is 13.0. The predicted molar refractivity (Wildman–Crippen MR) is 107 cm³/mol. The number of piperidine rings is 1. The highest BCUT2D eigenvalue weighted by atomic mass is 35.5. The molecule has 1 saturated heterocycles. The van der Waals surface area contributed by atoms with Crippen LogP contribution in [0.1, 0.15) is 41.0 Å². The maximum Gasteiger partial charge on any atom is 0.270 e. The van der Waals surface area contributed by atoms with E-state index >= 15 is 0 Å². The number of hydrogen-bond acceptors (Lipinski definition) is 5. The van der Waals surface area contributed by atoms with Crippen LogP contribution in [0.25, 0.3) is 0 Å². The lowest BCUT2D eigenvalue weighted by Gasteiger charge is -2.36. The molecule has 0 spiro atoms. The average Bonchev–Trinajstić information content (AvgIpc) is 3.17. The Morgan fingerprint density at radius 3 is 2.74 bits per heavy atom. The van der Waals surface area contributed by atoms with Crippen LogP contribution >= 0.6 is 22.9 Å². The van der Waals surface area contributed by atoms with E-state index in [1.165, 1.54) is 23.1 Å². The Balaban J connectivity index is 1.70. The van der Waals surface area contributed by atoms with Gasteiger partial charge in [-0.15, -0.1) is 11.3 Å². The second-order valence-corrected chi connectivity index (χ2v) is 8.27. The molecule has 1 aliphatic rings. The van der Waals surface area contributed by atoms with Crippen LogP contribution in [0.15, 0.2) is 35.7 Å². The lowest BCUT2D eigenvalue weighted by atomic mass is 9.97. The molecule has 6 nitrogen and oxygen atoms in total. The maximum absolute atomic E-state index is 12.6. The largest absolute Gasteiger partial charge is 0.350 e. The second kappa shape index (κ2) is 8.82. The van der Waals surface area contributed by atoms with Gasteiger partial charge in [0, 0.05) is 23.6 Å². The molecule has 1 amide bonds. The van der Waals surface area contributed by atoms with E-state index in [-0.39, 0.29) is 28.2 Å². The summed E-state index contributed by atoms with van der Waals surface area (Å²) in [6.07, 6.45) is 2.31. The summed E-state index contributed by atoms with van der Waals surface area (Å²) in [7, 11) is 0.